The predicted octanol–water partition coefficient (Wildman–Crippen LogP) is 2.74. The summed E-state index contributed by atoms with van der Waals surface area (Å²) in [4.78, 5) is 12.2. The minimum Gasteiger partial charge on any atom is -0.378 e. The molecule has 0 fully saturated rings. The molecule has 0 radical (unpaired) electrons. The smallest absolute Gasteiger partial charge is 0.137 e. The third kappa shape index (κ3) is 3.55. The lowest BCUT2D eigenvalue weighted by Gasteiger charge is -2.31. The molecule has 1 atom stereocenters. The van der Waals surface area contributed by atoms with Crippen molar-refractivity contribution >= 4 is 5.57 Å². The fourth-order valence-corrected chi connectivity index (χ4v) is 3.07. The third-order valence-electron chi connectivity index (χ3n) is 4.60. The largest absolute Gasteiger partial charge is 0.378 e. The molecule has 0 aliphatic heterocycles. The van der Waals surface area contributed by atoms with Crippen molar-refractivity contribution in [3.63, 3.8) is 0 Å². The molecule has 1 aromatic carbocycles. The quantitative estimate of drug-likeness (QED) is 0.544. The first kappa shape index (κ1) is 18.6. The van der Waals surface area contributed by atoms with Crippen LogP contribution >= 0.6 is 0 Å². The highest BCUT2D eigenvalue weighted by atomic mass is 19.1. The van der Waals surface area contributed by atoms with Crippen molar-refractivity contribution in [1.29, 1.82) is 0 Å². The van der Waals surface area contributed by atoms with Crippen LogP contribution in [0.2, 0.25) is 0 Å². The van der Waals surface area contributed by atoms with Gasteiger partial charge in [0.25, 0.3) is 0 Å². The average Bonchev–Trinajstić information content (AvgIpc) is 3.41. The Morgan fingerprint density at radius 1 is 1.14 bits per heavy atom. The molecule has 4 aromatic rings. The molecule has 146 valence electrons. The summed E-state index contributed by atoms with van der Waals surface area (Å²) >= 11 is 0. The number of imidazole rings is 1. The van der Waals surface area contributed by atoms with E-state index in [-0.39, 0.29) is 17.7 Å². The van der Waals surface area contributed by atoms with Crippen molar-refractivity contribution in [2.45, 2.75) is 12.1 Å². The van der Waals surface area contributed by atoms with Crippen molar-refractivity contribution in [3.8, 4) is 5.82 Å². The van der Waals surface area contributed by atoms with Gasteiger partial charge in [0.05, 0.1) is 6.54 Å². The summed E-state index contributed by atoms with van der Waals surface area (Å²) in [6.07, 6.45) is 9.18. The zero-order valence-corrected chi connectivity index (χ0v) is 15.2. The first-order chi connectivity index (χ1) is 14.0. The van der Waals surface area contributed by atoms with Crippen LogP contribution in [-0.4, -0.2) is 34.4 Å². The van der Waals surface area contributed by atoms with Gasteiger partial charge in [0.15, 0.2) is 0 Å². The molecule has 7 nitrogen and oxygen atoms in total. The van der Waals surface area contributed by atoms with Gasteiger partial charge in [-0.25, -0.2) is 28.4 Å². The molecule has 0 amide bonds. The van der Waals surface area contributed by atoms with Gasteiger partial charge in [-0.05, 0) is 35.4 Å². The van der Waals surface area contributed by atoms with E-state index in [1.807, 2.05) is 0 Å². The summed E-state index contributed by atoms with van der Waals surface area (Å²) in [6.45, 7) is 3.81. The molecule has 0 saturated carbocycles. The molecule has 1 unspecified atom stereocenters. The van der Waals surface area contributed by atoms with Crippen molar-refractivity contribution < 1.29 is 13.9 Å². The Balaban J connectivity index is 1.75. The maximum absolute atomic E-state index is 14.6. The lowest BCUT2D eigenvalue weighted by Crippen LogP contribution is -2.34. The van der Waals surface area contributed by atoms with Crippen LogP contribution in [0.15, 0.2) is 74.5 Å². The van der Waals surface area contributed by atoms with Crippen molar-refractivity contribution in [1.82, 2.24) is 29.3 Å². The summed E-state index contributed by atoms with van der Waals surface area (Å²) in [5.41, 5.74) is -1.37. The van der Waals surface area contributed by atoms with Gasteiger partial charge in [0.1, 0.15) is 42.0 Å². The fraction of sp³-hybridized carbons (Fsp3) is 0.100. The second-order valence-electron chi connectivity index (χ2n) is 6.43. The summed E-state index contributed by atoms with van der Waals surface area (Å²) in [6, 6.07) is 6.42. The number of pyridine rings is 1. The Hall–Kier alpha value is -3.72. The van der Waals surface area contributed by atoms with E-state index < -0.39 is 17.2 Å². The van der Waals surface area contributed by atoms with E-state index in [0.717, 1.165) is 12.1 Å². The number of rotatable bonds is 6. The minimum atomic E-state index is -1.91. The van der Waals surface area contributed by atoms with Gasteiger partial charge in [-0.2, -0.15) is 5.10 Å². The molecular formula is C20H16F2N6O. The normalized spacial score (nSPS) is 13.2. The van der Waals surface area contributed by atoms with Crippen LogP contribution in [0.5, 0.6) is 0 Å². The molecule has 3 aromatic heterocycles. The van der Waals surface area contributed by atoms with E-state index in [4.69, 9.17) is 0 Å². The Morgan fingerprint density at radius 3 is 2.62 bits per heavy atom. The first-order valence-corrected chi connectivity index (χ1v) is 8.62. The van der Waals surface area contributed by atoms with Gasteiger partial charge in [-0.3, -0.25) is 4.57 Å². The van der Waals surface area contributed by atoms with E-state index in [1.54, 1.807) is 35.4 Å². The van der Waals surface area contributed by atoms with Gasteiger partial charge < -0.3 is 5.11 Å². The van der Waals surface area contributed by atoms with Gasteiger partial charge in [-0.15, -0.1) is 0 Å². The molecule has 0 aliphatic rings. The van der Waals surface area contributed by atoms with Crippen LogP contribution in [0.3, 0.4) is 0 Å². The maximum Gasteiger partial charge on any atom is 0.137 e. The SMILES string of the molecule is C=C(c1ccc(-n2ccnc2)nc1)C(O)(Cn1cncn1)c1ccc(F)cc1F. The van der Waals surface area contributed by atoms with Gasteiger partial charge in [0, 0.05) is 30.2 Å². The fourth-order valence-electron chi connectivity index (χ4n) is 3.07. The molecule has 0 aliphatic carbocycles. The topological polar surface area (TPSA) is 81.6 Å². The van der Waals surface area contributed by atoms with Crippen LogP contribution < -0.4 is 0 Å². The highest BCUT2D eigenvalue weighted by Crippen LogP contribution is 2.38. The summed E-state index contributed by atoms with van der Waals surface area (Å²) in [7, 11) is 0. The second kappa shape index (κ2) is 7.36. The Bertz CT molecular complexity index is 1130. The molecule has 0 saturated heterocycles. The molecule has 4 rings (SSSR count). The van der Waals surface area contributed by atoms with Crippen molar-refractivity contribution in [3.05, 3.63) is 97.2 Å². The zero-order valence-electron chi connectivity index (χ0n) is 15.2. The number of hydrogen-bond acceptors (Lipinski definition) is 5. The minimum absolute atomic E-state index is 0.127. The number of aromatic nitrogens is 6. The Kier molecular flexibility index (Phi) is 4.73. The van der Waals surface area contributed by atoms with Crippen LogP contribution in [0.4, 0.5) is 8.78 Å². The van der Waals surface area contributed by atoms with Crippen LogP contribution in [-0.2, 0) is 12.1 Å². The maximum atomic E-state index is 14.6. The molecule has 3 heterocycles. The lowest BCUT2D eigenvalue weighted by molar-refractivity contribution is 0.0726. The van der Waals surface area contributed by atoms with Gasteiger partial charge >= 0.3 is 0 Å². The molecular weight excluding hydrogens is 378 g/mol. The number of nitrogens with zero attached hydrogens (tertiary/aromatic N) is 6. The second-order valence-corrected chi connectivity index (χ2v) is 6.43. The number of aliphatic hydroxyl groups is 1. The molecule has 0 bridgehead atoms. The van der Waals surface area contributed by atoms with Crippen molar-refractivity contribution in [2.75, 3.05) is 0 Å². The van der Waals surface area contributed by atoms with Crippen LogP contribution in [0.25, 0.3) is 11.4 Å². The number of benzene rings is 1. The summed E-state index contributed by atoms with van der Waals surface area (Å²) < 4.78 is 31.1. The Labute approximate surface area is 164 Å². The average molecular weight is 394 g/mol. The van der Waals surface area contributed by atoms with Crippen LogP contribution in [0, 0.1) is 11.6 Å². The van der Waals surface area contributed by atoms with Crippen LogP contribution in [0.1, 0.15) is 11.1 Å². The highest BCUT2D eigenvalue weighted by molar-refractivity contribution is 5.71. The standard InChI is InChI=1S/C20H16F2N6O/c1-14(15-2-5-19(25-9-15)27-7-6-23-12-27)20(29,10-28-13-24-11-26-28)17-4-3-16(21)8-18(17)22/h2-9,11-13,29H,1,10H2. The molecule has 9 heteroatoms. The lowest BCUT2D eigenvalue weighted by atomic mass is 9.83. The van der Waals surface area contributed by atoms with E-state index >= 15 is 0 Å². The number of hydrogen-bond donors (Lipinski definition) is 1. The first-order valence-electron chi connectivity index (χ1n) is 8.62. The highest BCUT2D eigenvalue weighted by Gasteiger charge is 2.37. The van der Waals surface area contributed by atoms with Gasteiger partial charge in [0.2, 0.25) is 0 Å². The summed E-state index contributed by atoms with van der Waals surface area (Å²) in [5.74, 6) is -1.02. The molecule has 0 spiro atoms. The Morgan fingerprint density at radius 2 is 2.00 bits per heavy atom. The molecule has 1 N–H and O–H groups in total. The van der Waals surface area contributed by atoms with Gasteiger partial charge in [-0.1, -0.05) is 6.58 Å². The van der Waals surface area contributed by atoms with E-state index in [2.05, 4.69) is 26.6 Å². The van der Waals surface area contributed by atoms with E-state index in [1.165, 1.54) is 29.6 Å². The summed E-state index contributed by atoms with van der Waals surface area (Å²) in [5, 5.41) is 15.5. The monoisotopic (exact) mass is 394 g/mol. The zero-order chi connectivity index (χ0) is 20.4. The molecule has 29 heavy (non-hydrogen) atoms. The third-order valence-corrected chi connectivity index (χ3v) is 4.60. The predicted molar refractivity (Wildman–Crippen MR) is 101 cm³/mol. The van der Waals surface area contributed by atoms with E-state index in [9.17, 15) is 13.9 Å². The number of halogens is 2. The van der Waals surface area contributed by atoms with E-state index in [0.29, 0.717) is 11.4 Å². The van der Waals surface area contributed by atoms with Crippen molar-refractivity contribution in [2.24, 2.45) is 0 Å².